The van der Waals surface area contributed by atoms with Crippen molar-refractivity contribution in [3.05, 3.63) is 188 Å². The second-order valence-corrected chi connectivity index (χ2v) is 12.9. The highest BCUT2D eigenvalue weighted by molar-refractivity contribution is 6.11. The summed E-state index contributed by atoms with van der Waals surface area (Å²) in [6, 6.07) is 63.5. The normalized spacial score (nSPS) is 11.8. The lowest BCUT2D eigenvalue weighted by Gasteiger charge is -2.27. The highest BCUT2D eigenvalue weighted by atomic mass is 15.2. The van der Waals surface area contributed by atoms with Crippen molar-refractivity contribution in [2.75, 3.05) is 4.90 Å². The molecule has 0 amide bonds. The summed E-state index contributed by atoms with van der Waals surface area (Å²) in [7, 11) is 0. The van der Waals surface area contributed by atoms with Gasteiger partial charge in [0, 0.05) is 51.0 Å². The van der Waals surface area contributed by atoms with Crippen LogP contribution >= 0.6 is 0 Å². The Morgan fingerprint density at radius 3 is 1.67 bits per heavy atom. The Labute approximate surface area is 301 Å². The standard InChI is InChI=1S/C47H31N5/c1-4-15-32(16-5-1)39-31-40(50-47(49-39)34-17-6-2-7-18-34)33-26-28-36(29-27-33)52-43-25-14-30-48-45(43)44-37-21-10-12-23-41(37)51(35-19-8-3-9-20-35)42-24-13-11-22-38(42)46(44)52/h1-31H. The molecule has 0 atom stereocenters. The van der Waals surface area contributed by atoms with Gasteiger partial charge in [0.05, 0.1) is 39.5 Å². The molecule has 0 bridgehead atoms. The van der Waals surface area contributed by atoms with E-state index in [1.807, 2.05) is 48.7 Å². The number of anilines is 3. The van der Waals surface area contributed by atoms with Crippen molar-refractivity contribution in [3.8, 4) is 62.0 Å². The van der Waals surface area contributed by atoms with Crippen LogP contribution in [0.1, 0.15) is 0 Å². The third-order valence-electron chi connectivity index (χ3n) is 9.80. The van der Waals surface area contributed by atoms with E-state index in [4.69, 9.17) is 15.0 Å². The molecule has 0 fully saturated rings. The van der Waals surface area contributed by atoms with E-state index in [-0.39, 0.29) is 0 Å². The summed E-state index contributed by atoms with van der Waals surface area (Å²) in [5, 5.41) is 0. The van der Waals surface area contributed by atoms with Gasteiger partial charge in [0.25, 0.3) is 0 Å². The molecule has 1 aliphatic heterocycles. The molecule has 10 rings (SSSR count). The lowest BCUT2D eigenvalue weighted by Crippen LogP contribution is -2.11. The highest BCUT2D eigenvalue weighted by Gasteiger charge is 2.31. The number of para-hydroxylation sites is 3. The molecule has 5 nitrogen and oxygen atoms in total. The average Bonchev–Trinajstić information content (AvgIpc) is 3.51. The second-order valence-electron chi connectivity index (χ2n) is 12.9. The third kappa shape index (κ3) is 4.90. The summed E-state index contributed by atoms with van der Waals surface area (Å²) in [5.74, 6) is 0.701. The molecule has 6 aromatic carbocycles. The quantitative estimate of drug-likeness (QED) is 0.184. The number of rotatable bonds is 5. The van der Waals surface area contributed by atoms with Crippen LogP contribution in [0.3, 0.4) is 0 Å². The number of fused-ring (bicyclic) bond motifs is 7. The first-order valence-corrected chi connectivity index (χ1v) is 17.5. The second kappa shape index (κ2) is 12.3. The van der Waals surface area contributed by atoms with Crippen LogP contribution in [0.5, 0.6) is 0 Å². The minimum absolute atomic E-state index is 0.701. The summed E-state index contributed by atoms with van der Waals surface area (Å²) in [6.07, 6.45) is 1.90. The first-order chi connectivity index (χ1) is 25.8. The summed E-state index contributed by atoms with van der Waals surface area (Å²) in [4.78, 5) is 17.5. The first kappa shape index (κ1) is 29.8. The summed E-state index contributed by atoms with van der Waals surface area (Å²) < 4.78 is 2.37. The minimum atomic E-state index is 0.701. The van der Waals surface area contributed by atoms with Crippen LogP contribution < -0.4 is 4.90 Å². The van der Waals surface area contributed by atoms with Crippen molar-refractivity contribution in [2.45, 2.75) is 0 Å². The van der Waals surface area contributed by atoms with Crippen LogP contribution in [-0.2, 0) is 0 Å². The zero-order valence-electron chi connectivity index (χ0n) is 28.1. The van der Waals surface area contributed by atoms with E-state index in [1.54, 1.807) is 0 Å². The number of aromatic nitrogens is 4. The Bertz CT molecular complexity index is 2660. The zero-order chi connectivity index (χ0) is 34.4. The average molecular weight is 666 g/mol. The molecule has 244 valence electrons. The van der Waals surface area contributed by atoms with Gasteiger partial charge in [-0.2, -0.15) is 0 Å². The maximum absolute atomic E-state index is 5.08. The maximum Gasteiger partial charge on any atom is 0.160 e. The molecule has 0 N–H and O–H groups in total. The van der Waals surface area contributed by atoms with Gasteiger partial charge in [-0.15, -0.1) is 0 Å². The van der Waals surface area contributed by atoms with Crippen molar-refractivity contribution in [1.82, 2.24) is 19.5 Å². The Balaban J connectivity index is 1.18. The predicted molar refractivity (Wildman–Crippen MR) is 212 cm³/mol. The molecule has 5 heteroatoms. The van der Waals surface area contributed by atoms with Gasteiger partial charge in [0.15, 0.2) is 5.82 Å². The third-order valence-corrected chi connectivity index (χ3v) is 9.80. The van der Waals surface area contributed by atoms with Gasteiger partial charge in [-0.25, -0.2) is 9.97 Å². The molecule has 9 aromatic rings. The zero-order valence-corrected chi connectivity index (χ0v) is 28.1. The van der Waals surface area contributed by atoms with E-state index in [9.17, 15) is 0 Å². The lowest BCUT2D eigenvalue weighted by molar-refractivity contribution is 1.13. The van der Waals surface area contributed by atoms with Crippen molar-refractivity contribution in [2.24, 2.45) is 0 Å². The fourth-order valence-corrected chi connectivity index (χ4v) is 7.48. The Kier molecular flexibility index (Phi) is 7.07. The van der Waals surface area contributed by atoms with Gasteiger partial charge in [0.2, 0.25) is 0 Å². The molecule has 3 aromatic heterocycles. The van der Waals surface area contributed by atoms with Crippen LogP contribution in [-0.4, -0.2) is 19.5 Å². The van der Waals surface area contributed by atoms with Gasteiger partial charge in [0.1, 0.15) is 0 Å². The van der Waals surface area contributed by atoms with Crippen LogP contribution in [0.15, 0.2) is 188 Å². The van der Waals surface area contributed by atoms with E-state index in [0.29, 0.717) is 5.82 Å². The van der Waals surface area contributed by atoms with Gasteiger partial charge in [-0.1, -0.05) is 127 Å². The predicted octanol–water partition coefficient (Wildman–Crippen LogP) is 11.9. The molecule has 0 spiro atoms. The van der Waals surface area contributed by atoms with Crippen LogP contribution in [0.4, 0.5) is 17.1 Å². The van der Waals surface area contributed by atoms with Crippen LogP contribution in [0, 0.1) is 0 Å². The van der Waals surface area contributed by atoms with Gasteiger partial charge >= 0.3 is 0 Å². The minimum Gasteiger partial charge on any atom is -0.309 e. The Morgan fingerprint density at radius 1 is 0.423 bits per heavy atom. The fourth-order valence-electron chi connectivity index (χ4n) is 7.48. The maximum atomic E-state index is 5.08. The number of pyridine rings is 1. The van der Waals surface area contributed by atoms with Gasteiger partial charge < -0.3 is 9.47 Å². The summed E-state index contributed by atoms with van der Waals surface area (Å²) >= 11 is 0. The van der Waals surface area contributed by atoms with E-state index >= 15 is 0 Å². The molecule has 0 unspecified atom stereocenters. The Morgan fingerprint density at radius 2 is 0.981 bits per heavy atom. The number of benzene rings is 6. The van der Waals surface area contributed by atoms with Crippen molar-refractivity contribution >= 4 is 28.1 Å². The number of hydrogen-bond acceptors (Lipinski definition) is 4. The number of nitrogens with zero attached hydrogens (tertiary/aromatic N) is 5. The van der Waals surface area contributed by atoms with Crippen molar-refractivity contribution in [1.29, 1.82) is 0 Å². The monoisotopic (exact) mass is 665 g/mol. The first-order valence-electron chi connectivity index (χ1n) is 17.5. The largest absolute Gasteiger partial charge is 0.309 e. The number of hydrogen-bond donors (Lipinski definition) is 0. The topological polar surface area (TPSA) is 46.8 Å². The van der Waals surface area contributed by atoms with E-state index < -0.39 is 0 Å². The molecular formula is C47H31N5. The van der Waals surface area contributed by atoms with E-state index in [2.05, 4.69) is 149 Å². The molecule has 0 saturated heterocycles. The Hall–Kier alpha value is -7.11. The van der Waals surface area contributed by atoms with Gasteiger partial charge in [-0.05, 0) is 54.6 Å². The van der Waals surface area contributed by atoms with Crippen LogP contribution in [0.2, 0.25) is 0 Å². The molecule has 1 aliphatic rings. The fraction of sp³-hybridized carbons (Fsp3) is 0. The van der Waals surface area contributed by atoms with Gasteiger partial charge in [-0.3, -0.25) is 4.98 Å². The van der Waals surface area contributed by atoms with E-state index in [0.717, 1.165) is 84.2 Å². The van der Waals surface area contributed by atoms with Crippen molar-refractivity contribution in [3.63, 3.8) is 0 Å². The molecule has 0 saturated carbocycles. The smallest absolute Gasteiger partial charge is 0.160 e. The molecule has 52 heavy (non-hydrogen) atoms. The summed E-state index contributed by atoms with van der Waals surface area (Å²) in [5.41, 5.74) is 15.7. The molecule has 0 radical (unpaired) electrons. The lowest BCUT2D eigenvalue weighted by atomic mass is 10.00. The SMILES string of the molecule is c1ccc(-c2cc(-c3ccc(-n4c5c(c6ncccc64)-c4ccccc4N(c4ccccc4)c4ccccc4-5)cc3)nc(-c3ccccc3)n2)cc1. The molecule has 4 heterocycles. The van der Waals surface area contributed by atoms with E-state index in [1.165, 1.54) is 0 Å². The van der Waals surface area contributed by atoms with Crippen LogP contribution in [0.25, 0.3) is 73.0 Å². The molecular weight excluding hydrogens is 635 g/mol. The summed E-state index contributed by atoms with van der Waals surface area (Å²) in [6.45, 7) is 0. The van der Waals surface area contributed by atoms with Crippen molar-refractivity contribution < 1.29 is 0 Å². The highest BCUT2D eigenvalue weighted by Crippen LogP contribution is 2.53. The molecule has 0 aliphatic carbocycles.